The van der Waals surface area contributed by atoms with Gasteiger partial charge in [0.1, 0.15) is 15.9 Å². The van der Waals surface area contributed by atoms with Crippen molar-refractivity contribution in [2.24, 2.45) is 0 Å². The molecule has 1 aliphatic rings. The Morgan fingerprint density at radius 3 is 2.11 bits per heavy atom. The molecule has 0 aliphatic carbocycles. The summed E-state index contributed by atoms with van der Waals surface area (Å²) in [5, 5.41) is 4.86. The van der Waals surface area contributed by atoms with Crippen LogP contribution in [0.2, 0.25) is 0 Å². The Balaban J connectivity index is 2.25. The van der Waals surface area contributed by atoms with Crippen LogP contribution in [0.1, 0.15) is 34.1 Å². The van der Waals surface area contributed by atoms with E-state index in [0.717, 1.165) is 11.2 Å². The van der Waals surface area contributed by atoms with E-state index in [0.29, 0.717) is 6.54 Å². The standard InChI is InChI=1S/C17H21N3O6S/c1-3-18-14(21)10-19-15(22)13(8-9-27(2,25)26)20-16(23)11-6-4-5-7-12(11)17(20)24/h4-7,13H,3,8-10H2,1-2H3,(H,18,21)(H,19,22)/t13-/m1/s1. The molecule has 2 rings (SSSR count). The number of imide groups is 1. The van der Waals surface area contributed by atoms with E-state index in [2.05, 4.69) is 10.6 Å². The number of benzene rings is 1. The lowest BCUT2D eigenvalue weighted by Gasteiger charge is -2.25. The second kappa shape index (κ2) is 8.30. The highest BCUT2D eigenvalue weighted by Crippen LogP contribution is 2.25. The maximum absolute atomic E-state index is 12.6. The van der Waals surface area contributed by atoms with Crippen LogP contribution in [0.5, 0.6) is 0 Å². The predicted octanol–water partition coefficient (Wildman–Crippen LogP) is -0.662. The van der Waals surface area contributed by atoms with Gasteiger partial charge < -0.3 is 10.6 Å². The minimum atomic E-state index is -3.43. The van der Waals surface area contributed by atoms with E-state index in [4.69, 9.17) is 0 Å². The van der Waals surface area contributed by atoms with Crippen LogP contribution in [-0.2, 0) is 19.4 Å². The highest BCUT2D eigenvalue weighted by Gasteiger charge is 2.42. The van der Waals surface area contributed by atoms with Crippen LogP contribution in [-0.4, -0.2) is 68.1 Å². The molecular weight excluding hydrogens is 374 g/mol. The summed E-state index contributed by atoms with van der Waals surface area (Å²) in [6.07, 6.45) is 0.741. The van der Waals surface area contributed by atoms with Gasteiger partial charge in [0.2, 0.25) is 11.8 Å². The Morgan fingerprint density at radius 2 is 1.63 bits per heavy atom. The molecule has 0 unspecified atom stereocenters. The topological polar surface area (TPSA) is 130 Å². The molecule has 0 fully saturated rings. The van der Waals surface area contributed by atoms with E-state index < -0.39 is 39.5 Å². The Bertz CT molecular complexity index is 845. The Labute approximate surface area is 157 Å². The molecule has 1 heterocycles. The molecule has 4 amide bonds. The molecule has 27 heavy (non-hydrogen) atoms. The molecule has 1 atom stereocenters. The molecule has 1 aliphatic heterocycles. The van der Waals surface area contributed by atoms with Gasteiger partial charge in [0.15, 0.2) is 0 Å². The number of carbonyl (C=O) groups is 4. The lowest BCUT2D eigenvalue weighted by Crippen LogP contribution is -2.51. The van der Waals surface area contributed by atoms with Crippen molar-refractivity contribution in [3.63, 3.8) is 0 Å². The van der Waals surface area contributed by atoms with Gasteiger partial charge in [0.25, 0.3) is 11.8 Å². The summed E-state index contributed by atoms with van der Waals surface area (Å²) in [5.41, 5.74) is 0.312. The highest BCUT2D eigenvalue weighted by molar-refractivity contribution is 7.90. The molecular formula is C17H21N3O6S. The number of nitrogens with one attached hydrogen (secondary N) is 2. The molecule has 10 heteroatoms. The third kappa shape index (κ3) is 4.91. The fraction of sp³-hybridized carbons (Fsp3) is 0.412. The Hall–Kier alpha value is -2.75. The first-order chi connectivity index (χ1) is 12.7. The van der Waals surface area contributed by atoms with Crippen LogP contribution < -0.4 is 10.6 Å². The van der Waals surface area contributed by atoms with Gasteiger partial charge in [0.05, 0.1) is 23.4 Å². The molecule has 0 radical (unpaired) electrons. The van der Waals surface area contributed by atoms with Crippen molar-refractivity contribution in [1.82, 2.24) is 15.5 Å². The average Bonchev–Trinajstić information content (AvgIpc) is 2.85. The largest absolute Gasteiger partial charge is 0.355 e. The minimum Gasteiger partial charge on any atom is -0.355 e. The molecule has 9 nitrogen and oxygen atoms in total. The quantitative estimate of drug-likeness (QED) is 0.562. The van der Waals surface area contributed by atoms with Gasteiger partial charge in [-0.2, -0.15) is 0 Å². The van der Waals surface area contributed by atoms with E-state index >= 15 is 0 Å². The van der Waals surface area contributed by atoms with Gasteiger partial charge >= 0.3 is 0 Å². The average molecular weight is 395 g/mol. The third-order valence-electron chi connectivity index (χ3n) is 4.00. The molecule has 0 saturated carbocycles. The molecule has 146 valence electrons. The zero-order valence-electron chi connectivity index (χ0n) is 15.0. The molecule has 1 aromatic rings. The lowest BCUT2D eigenvalue weighted by atomic mass is 10.1. The van der Waals surface area contributed by atoms with Gasteiger partial charge in [-0.25, -0.2) is 8.42 Å². The van der Waals surface area contributed by atoms with E-state index in [1.807, 2.05) is 0 Å². The van der Waals surface area contributed by atoms with E-state index in [-0.39, 0.29) is 29.8 Å². The zero-order valence-corrected chi connectivity index (χ0v) is 15.8. The SMILES string of the molecule is CCNC(=O)CNC(=O)[C@@H](CCS(C)(=O)=O)N1C(=O)c2ccccc2C1=O. The summed E-state index contributed by atoms with van der Waals surface area (Å²) in [6, 6.07) is 4.79. The number of amides is 4. The second-order valence-electron chi connectivity index (χ2n) is 6.13. The monoisotopic (exact) mass is 395 g/mol. The van der Waals surface area contributed by atoms with Gasteiger partial charge in [0, 0.05) is 12.8 Å². The van der Waals surface area contributed by atoms with Gasteiger partial charge in [-0.05, 0) is 25.5 Å². The van der Waals surface area contributed by atoms with Crippen molar-refractivity contribution in [2.75, 3.05) is 25.1 Å². The molecule has 0 saturated heterocycles. The van der Waals surface area contributed by atoms with Crippen molar-refractivity contribution in [1.29, 1.82) is 0 Å². The van der Waals surface area contributed by atoms with Crippen LogP contribution >= 0.6 is 0 Å². The number of carbonyl (C=O) groups excluding carboxylic acids is 4. The third-order valence-corrected chi connectivity index (χ3v) is 4.98. The van der Waals surface area contributed by atoms with Gasteiger partial charge in [-0.1, -0.05) is 12.1 Å². The molecule has 2 N–H and O–H groups in total. The number of sulfone groups is 1. The first-order valence-electron chi connectivity index (χ1n) is 8.34. The van der Waals surface area contributed by atoms with Gasteiger partial charge in [-0.3, -0.25) is 24.1 Å². The predicted molar refractivity (Wildman–Crippen MR) is 96.8 cm³/mol. The van der Waals surface area contributed by atoms with Crippen LogP contribution in [0.15, 0.2) is 24.3 Å². The Kier molecular flexibility index (Phi) is 6.32. The molecule has 0 aromatic heterocycles. The molecule has 0 spiro atoms. The van der Waals surface area contributed by atoms with Crippen molar-refractivity contribution in [3.05, 3.63) is 35.4 Å². The van der Waals surface area contributed by atoms with E-state index in [1.165, 1.54) is 12.1 Å². The number of hydrogen-bond acceptors (Lipinski definition) is 6. The smallest absolute Gasteiger partial charge is 0.262 e. The number of hydrogen-bond donors (Lipinski definition) is 2. The van der Waals surface area contributed by atoms with Crippen LogP contribution in [0.3, 0.4) is 0 Å². The number of rotatable bonds is 8. The highest BCUT2D eigenvalue weighted by atomic mass is 32.2. The number of likely N-dealkylation sites (N-methyl/N-ethyl adjacent to an activating group) is 1. The first kappa shape index (κ1) is 20.6. The van der Waals surface area contributed by atoms with Crippen LogP contribution in [0, 0.1) is 0 Å². The first-order valence-corrected chi connectivity index (χ1v) is 10.4. The van der Waals surface area contributed by atoms with Crippen molar-refractivity contribution in [2.45, 2.75) is 19.4 Å². The number of fused-ring (bicyclic) bond motifs is 1. The van der Waals surface area contributed by atoms with Gasteiger partial charge in [-0.15, -0.1) is 0 Å². The summed E-state index contributed by atoms with van der Waals surface area (Å²) in [6.45, 7) is 1.75. The van der Waals surface area contributed by atoms with E-state index in [1.54, 1.807) is 19.1 Å². The van der Waals surface area contributed by atoms with E-state index in [9.17, 15) is 27.6 Å². The van der Waals surface area contributed by atoms with Crippen LogP contribution in [0.25, 0.3) is 0 Å². The second-order valence-corrected chi connectivity index (χ2v) is 8.39. The minimum absolute atomic E-state index is 0.156. The van der Waals surface area contributed by atoms with Crippen molar-refractivity contribution in [3.8, 4) is 0 Å². The summed E-state index contributed by atoms with van der Waals surface area (Å²) in [5.74, 6) is -2.92. The fourth-order valence-corrected chi connectivity index (χ4v) is 3.39. The summed E-state index contributed by atoms with van der Waals surface area (Å²) >= 11 is 0. The Morgan fingerprint density at radius 1 is 1.07 bits per heavy atom. The maximum atomic E-state index is 12.6. The van der Waals surface area contributed by atoms with Crippen LogP contribution in [0.4, 0.5) is 0 Å². The van der Waals surface area contributed by atoms with Crippen molar-refractivity contribution >= 4 is 33.5 Å². The maximum Gasteiger partial charge on any atom is 0.262 e. The molecule has 1 aromatic carbocycles. The summed E-state index contributed by atoms with van der Waals surface area (Å²) in [7, 11) is -3.43. The lowest BCUT2D eigenvalue weighted by molar-refractivity contribution is -0.128. The number of nitrogens with zero attached hydrogens (tertiary/aromatic N) is 1. The molecule has 0 bridgehead atoms. The fourth-order valence-electron chi connectivity index (χ4n) is 2.74. The summed E-state index contributed by atoms with van der Waals surface area (Å²) < 4.78 is 23.0. The normalized spacial score (nSPS) is 14.7. The summed E-state index contributed by atoms with van der Waals surface area (Å²) in [4.78, 5) is 50.1. The zero-order chi connectivity index (χ0) is 20.2. The van der Waals surface area contributed by atoms with Crippen molar-refractivity contribution < 1.29 is 27.6 Å².